The molecule has 0 saturated carbocycles. The number of pyridine rings is 1. The fourth-order valence-electron chi connectivity index (χ4n) is 2.35. The van der Waals surface area contributed by atoms with Crippen LogP contribution in [0.3, 0.4) is 0 Å². The molecule has 0 bridgehead atoms. The molecule has 3 rings (SSSR count). The molecule has 0 radical (unpaired) electrons. The van der Waals surface area contributed by atoms with Gasteiger partial charge in [-0.25, -0.2) is 4.98 Å². The zero-order chi connectivity index (χ0) is 48.1. The van der Waals surface area contributed by atoms with Crippen LogP contribution < -0.4 is 25.2 Å². The lowest BCUT2D eigenvalue weighted by atomic mass is 10.1. The lowest BCUT2D eigenvalue weighted by Gasteiger charge is -2.21. The normalized spacial score (nSPS) is 28.7. The first-order chi connectivity index (χ1) is 26.8. The number of anilines is 1. The van der Waals surface area contributed by atoms with Crippen LogP contribution in [0, 0.1) is 6.85 Å². The zero-order valence-electron chi connectivity index (χ0n) is 43.7. The smallest absolute Gasteiger partial charge is 0.416 e. The Labute approximate surface area is 230 Å². The minimum Gasteiger partial charge on any atom is -0.493 e. The summed E-state index contributed by atoms with van der Waals surface area (Å²) in [5.74, 6) is -7.08. The second-order valence-electron chi connectivity index (χ2n) is 5.60. The molecule has 0 fully saturated rings. The number of aryl methyl sites for hydroxylation is 1. The van der Waals surface area contributed by atoms with E-state index >= 15 is 0 Å². The highest BCUT2D eigenvalue weighted by molar-refractivity contribution is 6.00. The number of aromatic nitrogens is 1. The van der Waals surface area contributed by atoms with Gasteiger partial charge < -0.3 is 25.2 Å². The summed E-state index contributed by atoms with van der Waals surface area (Å²) in [6.07, 6.45) is -15.0. The third-order valence-corrected chi connectivity index (χ3v) is 3.57. The molecule has 0 aliphatic rings. The Kier molecular flexibility index (Phi) is 2.13. The van der Waals surface area contributed by atoms with Crippen molar-refractivity contribution in [1.82, 2.24) is 4.98 Å². The maximum absolute atomic E-state index is 14.1. The number of hydrogen-bond acceptors (Lipinski definition) is 6. The van der Waals surface area contributed by atoms with Crippen molar-refractivity contribution in [2.45, 2.75) is 38.6 Å². The van der Waals surface area contributed by atoms with Crippen LogP contribution in [0.4, 0.5) is 18.9 Å². The van der Waals surface area contributed by atoms with Gasteiger partial charge in [-0.2, -0.15) is 13.2 Å². The SMILES string of the molecule is [2H]c1c([2H])c(Oc2c(OC([2H])([2H])[2H])c([2H])c(N([2H])C([2H])(C([2H])([2H])[2H])C([2H])([2H])C([2H])([2H])C([2H])([2H])N([2H])[2H])c3nc(OC([2H])([2H])[2H])c([2H])c(C([2H])([2H])[2H])c23)c([2H])c(C(F)(F)F)c1[2H]. The van der Waals surface area contributed by atoms with E-state index in [4.69, 9.17) is 48.0 Å². The molecule has 1 heterocycles. The van der Waals surface area contributed by atoms with Gasteiger partial charge >= 0.3 is 6.18 Å². The molecular formula is C24H28F3N3O3. The Balaban J connectivity index is 2.93. The maximum Gasteiger partial charge on any atom is 0.416 e. The summed E-state index contributed by atoms with van der Waals surface area (Å²) >= 11 is 0. The van der Waals surface area contributed by atoms with E-state index in [0.717, 1.165) is 0 Å². The Morgan fingerprint density at radius 3 is 2.94 bits per heavy atom. The molecule has 178 valence electrons. The van der Waals surface area contributed by atoms with Crippen LogP contribution in [0.15, 0.2) is 36.3 Å². The van der Waals surface area contributed by atoms with Gasteiger partial charge in [-0.3, -0.25) is 0 Å². The lowest BCUT2D eigenvalue weighted by Crippen LogP contribution is -2.17. The summed E-state index contributed by atoms with van der Waals surface area (Å²) in [5, 5.41) is -2.65. The predicted molar refractivity (Wildman–Crippen MR) is 122 cm³/mol. The third kappa shape index (κ3) is 5.60. The first kappa shape index (κ1) is 6.91. The van der Waals surface area contributed by atoms with Gasteiger partial charge in [0, 0.05) is 34.6 Å². The van der Waals surface area contributed by atoms with Gasteiger partial charge in [0.05, 0.1) is 48.5 Å². The van der Waals surface area contributed by atoms with Gasteiger partial charge in [-0.1, -0.05) is 6.04 Å². The van der Waals surface area contributed by atoms with Crippen molar-refractivity contribution < 1.29 is 65.9 Å². The minimum atomic E-state index is -5.68. The Hall–Kier alpha value is -3.20. The van der Waals surface area contributed by atoms with Crippen LogP contribution in [0.1, 0.15) is 65.0 Å². The highest BCUT2D eigenvalue weighted by Crippen LogP contribution is 2.45. The molecule has 1 aromatic heterocycles. The number of rotatable bonds is 10. The number of methoxy groups -OCH3 is 2. The third-order valence-electron chi connectivity index (χ3n) is 3.57. The second kappa shape index (κ2) is 10.2. The summed E-state index contributed by atoms with van der Waals surface area (Å²) < 4.78 is 283. The van der Waals surface area contributed by atoms with E-state index in [9.17, 15) is 13.2 Å². The van der Waals surface area contributed by atoms with Crippen molar-refractivity contribution in [2.75, 3.05) is 25.9 Å². The highest BCUT2D eigenvalue weighted by atomic mass is 19.4. The number of nitrogens with zero attached hydrogens (tertiary/aromatic N) is 1. The van der Waals surface area contributed by atoms with Gasteiger partial charge in [0.1, 0.15) is 14.1 Å². The summed E-state index contributed by atoms with van der Waals surface area (Å²) in [6.45, 7) is -12.7. The fourth-order valence-corrected chi connectivity index (χ4v) is 2.35. The largest absolute Gasteiger partial charge is 0.493 e. The zero-order valence-corrected chi connectivity index (χ0v) is 15.7. The Bertz CT molecular complexity index is 2200. The monoisotopic (exact) mass is 491 g/mol. The lowest BCUT2D eigenvalue weighted by molar-refractivity contribution is -0.137. The molecule has 9 heteroatoms. The predicted octanol–water partition coefficient (Wildman–Crippen LogP) is 5.91. The van der Waals surface area contributed by atoms with Crippen LogP contribution in [0.2, 0.25) is 4.24 Å². The number of hydrogen-bond donors (Lipinski definition) is 2. The average molecular weight is 492 g/mol. The quantitative estimate of drug-likeness (QED) is 0.367. The molecule has 33 heavy (non-hydrogen) atoms. The van der Waals surface area contributed by atoms with Gasteiger partial charge in [0.25, 0.3) is 0 Å². The summed E-state index contributed by atoms with van der Waals surface area (Å²) in [7, 11) is -7.66. The highest BCUT2D eigenvalue weighted by Gasteiger charge is 2.31. The average Bonchev–Trinajstić information content (AvgIpc) is 3.03. The van der Waals surface area contributed by atoms with Gasteiger partial charge in [0.2, 0.25) is 5.88 Å². The van der Waals surface area contributed by atoms with Crippen molar-refractivity contribution in [3.63, 3.8) is 0 Å². The molecule has 1 atom stereocenters. The molecule has 0 aliphatic heterocycles. The van der Waals surface area contributed by atoms with Crippen LogP contribution >= 0.6 is 0 Å². The molecule has 1 unspecified atom stereocenters. The topological polar surface area (TPSA) is 78.6 Å². The summed E-state index contributed by atoms with van der Waals surface area (Å²) in [4.78, 5) is 3.56. The van der Waals surface area contributed by atoms with E-state index in [1.807, 2.05) is 0 Å². The van der Waals surface area contributed by atoms with E-state index in [2.05, 4.69) is 9.72 Å². The first-order valence-electron chi connectivity index (χ1n) is 22.0. The van der Waals surface area contributed by atoms with Gasteiger partial charge in [0.15, 0.2) is 12.9 Å². The Morgan fingerprint density at radius 1 is 1.33 bits per heavy atom. The summed E-state index contributed by atoms with van der Waals surface area (Å²) in [6, 6.07) is -15.3. The minimum absolute atomic E-state index is 1.02. The molecule has 0 spiro atoms. The molecule has 2 aromatic carbocycles. The maximum atomic E-state index is 14.1. The number of halogens is 3. The van der Waals surface area contributed by atoms with E-state index in [-0.39, 0.29) is 0 Å². The van der Waals surface area contributed by atoms with Crippen LogP contribution in [-0.4, -0.2) is 31.6 Å². The second-order valence-corrected chi connectivity index (χ2v) is 5.60. The van der Waals surface area contributed by atoms with Gasteiger partial charge in [-0.15, -0.1) is 0 Å². The van der Waals surface area contributed by atoms with Gasteiger partial charge in [-0.05, 0) is 56.6 Å². The van der Waals surface area contributed by atoms with Crippen molar-refractivity contribution in [3.05, 3.63) is 47.4 Å². The van der Waals surface area contributed by atoms with E-state index in [1.165, 1.54) is 0 Å². The van der Waals surface area contributed by atoms with Crippen LogP contribution in [0.25, 0.3) is 10.9 Å². The standard InChI is InChI=1S/C24H28F3N3O3/c1-14-11-20(32-4)30-22-18(29-15(2)7-6-10-28)13-19(31-3)23(21(14)22)33-17-9-5-8-16(12-17)24(25,26)27/h5,8-9,11-13,15,29H,6-7,10,28H2,1-4H3/i1D3,2D3,3D3,4D3,5D,6D2,7D2,8D,9D,10D2,11D,12D,13D,15D/hD3. The van der Waals surface area contributed by atoms with E-state index in [0.29, 0.717) is 0 Å². The van der Waals surface area contributed by atoms with Crippen LogP contribution in [-0.2, 0) is 6.18 Å². The number of nitrogens with one attached hydrogen (secondary N) is 1. The molecule has 3 N–H and O–H groups in total. The molecule has 0 amide bonds. The molecule has 0 saturated heterocycles. The van der Waals surface area contributed by atoms with E-state index in [1.54, 1.807) is 0 Å². The van der Waals surface area contributed by atoms with Crippen molar-refractivity contribution >= 4 is 16.6 Å². The van der Waals surface area contributed by atoms with Crippen molar-refractivity contribution in [3.8, 4) is 23.1 Å². The molecule has 6 nitrogen and oxygen atoms in total. The van der Waals surface area contributed by atoms with E-state index < -0.39 is 157 Å². The number of fused-ring (bicyclic) bond motifs is 1. The number of nitrogens with two attached hydrogens (primary N) is 1. The molecule has 3 aromatic rings. The number of alkyl halides is 3. The fraction of sp³-hybridized carbons (Fsp3) is 0.375. The first-order valence-corrected chi connectivity index (χ1v) is 8.16. The molecular weight excluding hydrogens is 435 g/mol. The van der Waals surface area contributed by atoms with Crippen molar-refractivity contribution in [2.24, 2.45) is 5.72 Å². The van der Waals surface area contributed by atoms with Crippen LogP contribution in [0.5, 0.6) is 23.1 Å². The number of ether oxygens (including phenoxy) is 3. The number of benzene rings is 2. The van der Waals surface area contributed by atoms with Crippen molar-refractivity contribution in [1.29, 1.82) is 0 Å². The Morgan fingerprint density at radius 2 is 2.21 bits per heavy atom. The summed E-state index contributed by atoms with van der Waals surface area (Å²) in [5.41, 5.74) is -8.67. The molecule has 0 aliphatic carbocycles.